The predicted molar refractivity (Wildman–Crippen MR) is 121 cm³/mol. The van der Waals surface area contributed by atoms with E-state index in [1.165, 1.54) is 18.2 Å². The standard InChI is InChI=1S/C21H24Cl2N4O4/c1-15(21(28)24-20-7-4-17(27(29)30)14-19(20)23)26-10-8-25(9-11-26)12-13-31-18-5-2-16(22)3-6-18/h2-7,14-15H,8-13H2,1H3,(H,24,28). The molecule has 10 heteroatoms. The van der Waals surface area contributed by atoms with E-state index in [9.17, 15) is 14.9 Å². The number of benzene rings is 2. The molecule has 1 amide bonds. The first kappa shape index (κ1) is 23.3. The maximum absolute atomic E-state index is 12.6. The number of halogens is 2. The van der Waals surface area contributed by atoms with E-state index in [0.29, 0.717) is 17.3 Å². The van der Waals surface area contributed by atoms with Crippen LogP contribution < -0.4 is 10.1 Å². The van der Waals surface area contributed by atoms with Crippen LogP contribution >= 0.6 is 23.2 Å². The molecule has 1 aliphatic heterocycles. The van der Waals surface area contributed by atoms with Crippen molar-refractivity contribution in [3.05, 3.63) is 62.6 Å². The zero-order valence-electron chi connectivity index (χ0n) is 17.1. The van der Waals surface area contributed by atoms with Gasteiger partial charge in [-0.1, -0.05) is 23.2 Å². The van der Waals surface area contributed by atoms with Crippen LogP contribution in [0.25, 0.3) is 0 Å². The van der Waals surface area contributed by atoms with E-state index in [2.05, 4.69) is 15.1 Å². The number of nitrogens with one attached hydrogen (secondary N) is 1. The fourth-order valence-corrected chi connectivity index (χ4v) is 3.67. The lowest BCUT2D eigenvalue weighted by Crippen LogP contribution is -2.53. The van der Waals surface area contributed by atoms with Gasteiger partial charge in [-0.3, -0.25) is 24.7 Å². The van der Waals surface area contributed by atoms with Crippen molar-refractivity contribution in [1.82, 2.24) is 9.80 Å². The van der Waals surface area contributed by atoms with Gasteiger partial charge in [0, 0.05) is 49.9 Å². The number of hydrogen-bond acceptors (Lipinski definition) is 6. The van der Waals surface area contributed by atoms with E-state index in [1.54, 1.807) is 12.1 Å². The number of piperazine rings is 1. The number of ether oxygens (including phenoxy) is 1. The molecule has 0 radical (unpaired) electrons. The van der Waals surface area contributed by atoms with E-state index in [-0.39, 0.29) is 22.7 Å². The molecule has 1 heterocycles. The number of hydrogen-bond donors (Lipinski definition) is 1. The van der Waals surface area contributed by atoms with Crippen LogP contribution in [0.2, 0.25) is 10.0 Å². The third-order valence-corrected chi connectivity index (χ3v) is 5.81. The summed E-state index contributed by atoms with van der Waals surface area (Å²) < 4.78 is 5.74. The quantitative estimate of drug-likeness (QED) is 0.468. The van der Waals surface area contributed by atoms with Crippen LogP contribution in [0.1, 0.15) is 6.92 Å². The summed E-state index contributed by atoms with van der Waals surface area (Å²) in [5, 5.41) is 14.4. The summed E-state index contributed by atoms with van der Waals surface area (Å²) in [6, 6.07) is 10.9. The molecule has 0 aliphatic carbocycles. The Hall–Kier alpha value is -2.39. The summed E-state index contributed by atoms with van der Waals surface area (Å²) in [4.78, 5) is 27.3. The maximum atomic E-state index is 12.6. The number of nitro benzene ring substituents is 1. The van der Waals surface area contributed by atoms with Crippen molar-refractivity contribution >= 4 is 40.5 Å². The number of non-ortho nitro benzene ring substituents is 1. The largest absolute Gasteiger partial charge is 0.492 e. The van der Waals surface area contributed by atoms with Gasteiger partial charge in [0.1, 0.15) is 12.4 Å². The zero-order chi connectivity index (χ0) is 22.4. The van der Waals surface area contributed by atoms with Gasteiger partial charge < -0.3 is 10.1 Å². The molecule has 1 atom stereocenters. The fraction of sp³-hybridized carbons (Fsp3) is 0.381. The van der Waals surface area contributed by atoms with Crippen molar-refractivity contribution in [3.8, 4) is 5.75 Å². The van der Waals surface area contributed by atoms with Crippen molar-refractivity contribution in [2.45, 2.75) is 13.0 Å². The van der Waals surface area contributed by atoms with Crippen molar-refractivity contribution < 1.29 is 14.5 Å². The first-order chi connectivity index (χ1) is 14.8. The number of carbonyl (C=O) groups excluding carboxylic acids is 1. The average Bonchev–Trinajstić information content (AvgIpc) is 2.76. The van der Waals surface area contributed by atoms with Gasteiger partial charge in [-0.2, -0.15) is 0 Å². The Morgan fingerprint density at radius 3 is 2.45 bits per heavy atom. The third kappa shape index (κ3) is 6.54. The van der Waals surface area contributed by atoms with Crippen LogP contribution in [0, 0.1) is 10.1 Å². The van der Waals surface area contributed by atoms with Gasteiger partial charge in [0.05, 0.1) is 21.7 Å². The normalized spacial score (nSPS) is 16.0. The monoisotopic (exact) mass is 466 g/mol. The van der Waals surface area contributed by atoms with Crippen LogP contribution in [-0.4, -0.2) is 66.0 Å². The Labute approximate surface area is 190 Å². The molecular formula is C21H24Cl2N4O4. The average molecular weight is 467 g/mol. The molecule has 31 heavy (non-hydrogen) atoms. The minimum atomic E-state index is -0.528. The summed E-state index contributed by atoms with van der Waals surface area (Å²) >= 11 is 11.9. The first-order valence-corrected chi connectivity index (χ1v) is 10.7. The molecule has 0 aromatic heterocycles. The van der Waals surface area contributed by atoms with Gasteiger partial charge >= 0.3 is 0 Å². The zero-order valence-corrected chi connectivity index (χ0v) is 18.6. The van der Waals surface area contributed by atoms with E-state index in [0.717, 1.165) is 38.5 Å². The van der Waals surface area contributed by atoms with E-state index in [1.807, 2.05) is 19.1 Å². The highest BCUT2D eigenvalue weighted by Gasteiger charge is 2.26. The lowest BCUT2D eigenvalue weighted by atomic mass is 10.2. The molecule has 2 aromatic rings. The predicted octanol–water partition coefficient (Wildman–Crippen LogP) is 3.93. The van der Waals surface area contributed by atoms with Crippen LogP contribution in [0.3, 0.4) is 0 Å². The highest BCUT2D eigenvalue weighted by atomic mass is 35.5. The fourth-order valence-electron chi connectivity index (χ4n) is 3.32. The topological polar surface area (TPSA) is 87.9 Å². The van der Waals surface area contributed by atoms with Crippen molar-refractivity contribution in [2.75, 3.05) is 44.6 Å². The van der Waals surface area contributed by atoms with Crippen molar-refractivity contribution in [3.63, 3.8) is 0 Å². The maximum Gasteiger partial charge on any atom is 0.271 e. The second-order valence-corrected chi connectivity index (χ2v) is 8.11. The Balaban J connectivity index is 1.43. The second kappa shape index (κ2) is 10.8. The molecular weight excluding hydrogens is 443 g/mol. The smallest absolute Gasteiger partial charge is 0.271 e. The molecule has 1 saturated heterocycles. The van der Waals surface area contributed by atoms with Crippen LogP contribution in [0.4, 0.5) is 11.4 Å². The van der Waals surface area contributed by atoms with Gasteiger partial charge in [0.15, 0.2) is 0 Å². The van der Waals surface area contributed by atoms with Gasteiger partial charge in [0.25, 0.3) is 5.69 Å². The lowest BCUT2D eigenvalue weighted by Gasteiger charge is -2.37. The van der Waals surface area contributed by atoms with Gasteiger partial charge in [-0.15, -0.1) is 0 Å². The Kier molecular flexibility index (Phi) is 8.09. The van der Waals surface area contributed by atoms with Gasteiger partial charge in [-0.25, -0.2) is 0 Å². The van der Waals surface area contributed by atoms with E-state index >= 15 is 0 Å². The summed E-state index contributed by atoms with van der Waals surface area (Å²) in [6.07, 6.45) is 0. The van der Waals surface area contributed by atoms with E-state index in [4.69, 9.17) is 27.9 Å². The summed E-state index contributed by atoms with van der Waals surface area (Å²) in [7, 11) is 0. The number of carbonyl (C=O) groups is 1. The number of anilines is 1. The Morgan fingerprint density at radius 1 is 1.16 bits per heavy atom. The Bertz CT molecular complexity index is 918. The SMILES string of the molecule is CC(C(=O)Nc1ccc([N+](=O)[O-])cc1Cl)N1CCN(CCOc2ccc(Cl)cc2)CC1. The number of rotatable bonds is 8. The minimum Gasteiger partial charge on any atom is -0.492 e. The highest BCUT2D eigenvalue weighted by Crippen LogP contribution is 2.27. The highest BCUT2D eigenvalue weighted by molar-refractivity contribution is 6.34. The molecule has 0 saturated carbocycles. The molecule has 166 valence electrons. The van der Waals surface area contributed by atoms with Crippen LogP contribution in [0.15, 0.2) is 42.5 Å². The van der Waals surface area contributed by atoms with E-state index < -0.39 is 4.92 Å². The molecule has 1 N–H and O–H groups in total. The van der Waals surface area contributed by atoms with Crippen LogP contribution in [0.5, 0.6) is 5.75 Å². The molecule has 3 rings (SSSR count). The third-order valence-electron chi connectivity index (χ3n) is 5.25. The van der Waals surface area contributed by atoms with Crippen molar-refractivity contribution in [2.24, 2.45) is 0 Å². The summed E-state index contributed by atoms with van der Waals surface area (Å²) in [5.74, 6) is 0.591. The van der Waals surface area contributed by atoms with Gasteiger partial charge in [-0.05, 0) is 37.3 Å². The molecule has 0 spiro atoms. The summed E-state index contributed by atoms with van der Waals surface area (Å²) in [6.45, 7) is 6.40. The first-order valence-electron chi connectivity index (χ1n) is 9.93. The molecule has 2 aromatic carbocycles. The Morgan fingerprint density at radius 2 is 1.84 bits per heavy atom. The minimum absolute atomic E-state index is 0.118. The number of nitrogens with zero attached hydrogens (tertiary/aromatic N) is 3. The second-order valence-electron chi connectivity index (χ2n) is 7.27. The van der Waals surface area contributed by atoms with Crippen molar-refractivity contribution in [1.29, 1.82) is 0 Å². The summed E-state index contributed by atoms with van der Waals surface area (Å²) in [5.41, 5.74) is 0.245. The molecule has 8 nitrogen and oxygen atoms in total. The molecule has 1 fully saturated rings. The lowest BCUT2D eigenvalue weighted by molar-refractivity contribution is -0.384. The molecule has 1 aliphatic rings. The molecule has 0 bridgehead atoms. The number of nitro groups is 1. The number of amides is 1. The van der Waals surface area contributed by atoms with Gasteiger partial charge in [0.2, 0.25) is 5.91 Å². The molecule has 1 unspecified atom stereocenters. The van der Waals surface area contributed by atoms with Crippen LogP contribution in [-0.2, 0) is 4.79 Å².